The lowest BCUT2D eigenvalue weighted by Gasteiger charge is -2.01. The van der Waals surface area contributed by atoms with Crippen LogP contribution >= 0.6 is 11.3 Å². The fourth-order valence-corrected chi connectivity index (χ4v) is 2.47. The Bertz CT molecular complexity index is 551. The van der Waals surface area contributed by atoms with Crippen LogP contribution in [0.4, 0.5) is 0 Å². The van der Waals surface area contributed by atoms with Gasteiger partial charge in [-0.1, -0.05) is 39.8 Å². The number of fused-ring (bicyclic) bond motifs is 1. The van der Waals surface area contributed by atoms with Gasteiger partial charge in [0.15, 0.2) is 0 Å². The maximum absolute atomic E-state index is 4.57. The summed E-state index contributed by atoms with van der Waals surface area (Å²) in [5.41, 5.74) is 2.13. The summed E-state index contributed by atoms with van der Waals surface area (Å²) in [7, 11) is 0. The fourth-order valence-electron chi connectivity index (χ4n) is 1.51. The van der Waals surface area contributed by atoms with Crippen molar-refractivity contribution in [1.82, 2.24) is 4.98 Å². The van der Waals surface area contributed by atoms with Gasteiger partial charge in [0.2, 0.25) is 0 Å². The van der Waals surface area contributed by atoms with Gasteiger partial charge in [0.05, 0.1) is 5.52 Å². The molecule has 0 saturated carbocycles. The van der Waals surface area contributed by atoms with Crippen LogP contribution in [0.15, 0.2) is 48.5 Å². The number of rotatable bonds is 1. The molecule has 0 N–H and O–H groups in total. The Morgan fingerprint density at radius 1 is 0.895 bits per heavy atom. The monoisotopic (exact) mass is 270 g/mol. The lowest BCUT2D eigenvalue weighted by atomic mass is 10.2. The molecule has 0 aliphatic carbocycles. The molecule has 2 aromatic carbocycles. The Hall–Kier alpha value is -1.67. The van der Waals surface area contributed by atoms with Gasteiger partial charge in [0, 0.05) is 9.71 Å². The number of thiazole rings is 1. The van der Waals surface area contributed by atoms with Gasteiger partial charge in [0.1, 0.15) is 0 Å². The van der Waals surface area contributed by atoms with Crippen molar-refractivity contribution < 1.29 is 0 Å². The number of hydrogen-bond acceptors (Lipinski definition) is 2. The normalized spacial score (nSPS) is 9.05. The molecule has 0 fully saturated rings. The van der Waals surface area contributed by atoms with Crippen LogP contribution in [0.2, 0.25) is 0 Å². The van der Waals surface area contributed by atoms with Crippen molar-refractivity contribution in [2.45, 2.75) is 27.7 Å². The van der Waals surface area contributed by atoms with E-state index in [0.29, 0.717) is 0 Å². The SMILES string of the molecule is CC.CC.[c-]1ccccc1-c1nc2ccccc2s1. The molecule has 0 aliphatic rings. The number of hydrogen-bond donors (Lipinski definition) is 0. The molecular weight excluding hydrogens is 250 g/mol. The van der Waals surface area contributed by atoms with Crippen molar-refractivity contribution in [3.63, 3.8) is 0 Å². The van der Waals surface area contributed by atoms with Gasteiger partial charge < -0.3 is 0 Å². The zero-order chi connectivity index (χ0) is 14.1. The molecular formula is C17H20NS-. The quantitative estimate of drug-likeness (QED) is 0.508. The van der Waals surface area contributed by atoms with Crippen molar-refractivity contribution in [2.75, 3.05) is 0 Å². The van der Waals surface area contributed by atoms with Gasteiger partial charge in [0.25, 0.3) is 0 Å². The molecule has 0 aliphatic heterocycles. The molecule has 0 bridgehead atoms. The predicted molar refractivity (Wildman–Crippen MR) is 86.6 cm³/mol. The highest BCUT2D eigenvalue weighted by molar-refractivity contribution is 7.21. The van der Waals surface area contributed by atoms with Crippen LogP contribution in [0.1, 0.15) is 27.7 Å². The molecule has 1 nitrogen and oxygen atoms in total. The van der Waals surface area contributed by atoms with E-state index in [-0.39, 0.29) is 0 Å². The number of benzene rings is 2. The largest absolute Gasteiger partial charge is 0.285 e. The van der Waals surface area contributed by atoms with Crippen molar-refractivity contribution in [1.29, 1.82) is 0 Å². The minimum absolute atomic E-state index is 1.04. The molecule has 0 unspecified atom stereocenters. The molecule has 100 valence electrons. The van der Waals surface area contributed by atoms with Crippen LogP contribution in [-0.2, 0) is 0 Å². The van der Waals surface area contributed by atoms with E-state index in [4.69, 9.17) is 0 Å². The van der Waals surface area contributed by atoms with Crippen molar-refractivity contribution in [3.05, 3.63) is 54.6 Å². The van der Waals surface area contributed by atoms with Crippen molar-refractivity contribution in [2.24, 2.45) is 0 Å². The van der Waals surface area contributed by atoms with E-state index in [2.05, 4.69) is 17.1 Å². The summed E-state index contributed by atoms with van der Waals surface area (Å²) in [5, 5.41) is 1.04. The fraction of sp³-hybridized carbons (Fsp3) is 0.235. The molecule has 3 aromatic rings. The highest BCUT2D eigenvalue weighted by atomic mass is 32.1. The second kappa shape index (κ2) is 8.44. The highest BCUT2D eigenvalue weighted by Crippen LogP contribution is 2.29. The molecule has 1 heterocycles. The molecule has 1 aromatic heterocycles. The Morgan fingerprint density at radius 3 is 2.21 bits per heavy atom. The first-order valence-corrected chi connectivity index (χ1v) is 7.58. The third-order valence-electron chi connectivity index (χ3n) is 2.23. The van der Waals surface area contributed by atoms with E-state index >= 15 is 0 Å². The van der Waals surface area contributed by atoms with Crippen molar-refractivity contribution >= 4 is 21.6 Å². The van der Waals surface area contributed by atoms with Gasteiger partial charge in [-0.15, -0.1) is 35.9 Å². The third-order valence-corrected chi connectivity index (χ3v) is 3.30. The van der Waals surface area contributed by atoms with Gasteiger partial charge in [-0.3, -0.25) is 4.98 Å². The van der Waals surface area contributed by atoms with E-state index in [9.17, 15) is 0 Å². The Labute approximate surface area is 120 Å². The van der Waals surface area contributed by atoms with Crippen LogP contribution in [0, 0.1) is 6.07 Å². The maximum Gasteiger partial charge on any atom is 0.0697 e. The summed E-state index contributed by atoms with van der Waals surface area (Å²) < 4.78 is 1.23. The maximum atomic E-state index is 4.57. The van der Waals surface area contributed by atoms with E-state index in [0.717, 1.165) is 16.1 Å². The molecule has 2 heteroatoms. The first kappa shape index (κ1) is 15.4. The Balaban J connectivity index is 0.000000415. The standard InChI is InChI=1S/C13H8NS.2C2H6/c1-2-6-10(7-3-1)13-14-11-8-4-5-9-12(11)15-13;2*1-2/h1-6,8-9H;2*1-2H3/q-1;;. The minimum atomic E-state index is 1.04. The lowest BCUT2D eigenvalue weighted by molar-refractivity contribution is 1.47. The number of aromatic nitrogens is 1. The van der Waals surface area contributed by atoms with Gasteiger partial charge in [-0.2, -0.15) is 11.3 Å². The van der Waals surface area contributed by atoms with Gasteiger partial charge >= 0.3 is 0 Å². The zero-order valence-electron chi connectivity index (χ0n) is 12.0. The predicted octanol–water partition coefficient (Wildman–Crippen LogP) is 5.82. The first-order valence-electron chi connectivity index (χ1n) is 6.76. The van der Waals surface area contributed by atoms with Crippen LogP contribution in [0.25, 0.3) is 20.8 Å². The van der Waals surface area contributed by atoms with Gasteiger partial charge in [-0.05, 0) is 12.1 Å². The zero-order valence-corrected chi connectivity index (χ0v) is 12.8. The van der Waals surface area contributed by atoms with E-state index in [1.54, 1.807) is 11.3 Å². The minimum Gasteiger partial charge on any atom is -0.285 e. The topological polar surface area (TPSA) is 12.9 Å². The smallest absolute Gasteiger partial charge is 0.0697 e. The van der Waals surface area contributed by atoms with Crippen LogP contribution in [0.5, 0.6) is 0 Å². The number of nitrogens with zero attached hydrogens (tertiary/aromatic N) is 1. The molecule has 19 heavy (non-hydrogen) atoms. The van der Waals surface area contributed by atoms with Crippen LogP contribution < -0.4 is 0 Å². The van der Waals surface area contributed by atoms with E-state index in [1.165, 1.54) is 4.70 Å². The number of para-hydroxylation sites is 1. The van der Waals surface area contributed by atoms with E-state index < -0.39 is 0 Å². The molecule has 0 amide bonds. The van der Waals surface area contributed by atoms with Crippen LogP contribution in [0.3, 0.4) is 0 Å². The summed E-state index contributed by atoms with van der Waals surface area (Å²) in [6.45, 7) is 8.00. The second-order valence-corrected chi connectivity index (χ2v) is 4.29. The lowest BCUT2D eigenvalue weighted by Crippen LogP contribution is -1.73. The third kappa shape index (κ3) is 3.90. The van der Waals surface area contributed by atoms with E-state index in [1.807, 2.05) is 70.2 Å². The Morgan fingerprint density at radius 2 is 1.58 bits per heavy atom. The second-order valence-electron chi connectivity index (χ2n) is 3.26. The summed E-state index contributed by atoms with van der Waals surface area (Å²) in [6, 6.07) is 19.3. The summed E-state index contributed by atoms with van der Waals surface area (Å²) in [5.74, 6) is 0. The summed E-state index contributed by atoms with van der Waals surface area (Å²) >= 11 is 1.71. The highest BCUT2D eigenvalue weighted by Gasteiger charge is 1.98. The summed E-state index contributed by atoms with van der Waals surface area (Å²) in [4.78, 5) is 4.57. The van der Waals surface area contributed by atoms with Crippen molar-refractivity contribution in [3.8, 4) is 10.6 Å². The van der Waals surface area contributed by atoms with Gasteiger partial charge in [-0.25, -0.2) is 0 Å². The first-order chi connectivity index (χ1) is 9.43. The molecule has 0 radical (unpaired) electrons. The van der Waals surface area contributed by atoms with Crippen LogP contribution in [-0.4, -0.2) is 4.98 Å². The molecule has 0 atom stereocenters. The average Bonchev–Trinajstić information content (AvgIpc) is 2.96. The molecule has 0 spiro atoms. The average molecular weight is 270 g/mol. The molecule has 3 rings (SSSR count). The molecule has 0 saturated heterocycles. The summed E-state index contributed by atoms with van der Waals surface area (Å²) in [6.07, 6.45) is 0. The Kier molecular flexibility index (Phi) is 6.83.